The van der Waals surface area contributed by atoms with E-state index in [0.29, 0.717) is 25.1 Å². The predicted molar refractivity (Wildman–Crippen MR) is 96.9 cm³/mol. The van der Waals surface area contributed by atoms with Gasteiger partial charge < -0.3 is 20.0 Å². The highest BCUT2D eigenvalue weighted by atomic mass is 16.3. The van der Waals surface area contributed by atoms with Gasteiger partial charge in [-0.15, -0.1) is 0 Å². The number of nitrogens with zero attached hydrogens (tertiary/aromatic N) is 1. The van der Waals surface area contributed by atoms with E-state index in [1.165, 1.54) is 0 Å². The Morgan fingerprint density at radius 2 is 2.08 bits per heavy atom. The quantitative estimate of drug-likeness (QED) is 0.875. The molecule has 1 aliphatic heterocycles. The molecule has 3 rings (SSSR count). The zero-order chi connectivity index (χ0) is 17.8. The van der Waals surface area contributed by atoms with Gasteiger partial charge in [0.1, 0.15) is 11.5 Å². The lowest BCUT2D eigenvalue weighted by atomic mass is 10.1. The maximum absolute atomic E-state index is 12.0. The molecule has 0 radical (unpaired) electrons. The molecule has 2 heterocycles. The van der Waals surface area contributed by atoms with E-state index in [0.717, 1.165) is 35.7 Å². The molecule has 132 valence electrons. The van der Waals surface area contributed by atoms with Crippen LogP contribution in [0.2, 0.25) is 0 Å². The molecule has 0 aliphatic carbocycles. The summed E-state index contributed by atoms with van der Waals surface area (Å²) < 4.78 is 5.47. The number of urea groups is 1. The molecule has 0 bridgehead atoms. The SMILES string of the molecule is Cc1ccc(CCNC(=O)Nc2ccc(N3CCCC3=O)c(C)c2)o1. The fourth-order valence-electron chi connectivity index (χ4n) is 3.03. The van der Waals surface area contributed by atoms with E-state index in [1.807, 2.05) is 49.1 Å². The van der Waals surface area contributed by atoms with Crippen molar-refractivity contribution >= 4 is 23.3 Å². The number of carbonyl (C=O) groups excluding carboxylic acids is 2. The number of furan rings is 1. The van der Waals surface area contributed by atoms with E-state index in [2.05, 4.69) is 10.6 Å². The summed E-state index contributed by atoms with van der Waals surface area (Å²) in [5.41, 5.74) is 2.60. The molecule has 1 aromatic carbocycles. The lowest BCUT2D eigenvalue weighted by Gasteiger charge is -2.19. The summed E-state index contributed by atoms with van der Waals surface area (Å²) >= 11 is 0. The molecule has 1 aromatic heterocycles. The Bertz CT molecular complexity index is 782. The van der Waals surface area contributed by atoms with Crippen LogP contribution in [0.25, 0.3) is 0 Å². The number of nitrogens with one attached hydrogen (secondary N) is 2. The molecule has 25 heavy (non-hydrogen) atoms. The first-order chi connectivity index (χ1) is 12.0. The summed E-state index contributed by atoms with van der Waals surface area (Å²) in [6.45, 7) is 5.10. The zero-order valence-corrected chi connectivity index (χ0v) is 14.6. The summed E-state index contributed by atoms with van der Waals surface area (Å²) in [7, 11) is 0. The average molecular weight is 341 g/mol. The van der Waals surface area contributed by atoms with Crippen LogP contribution in [0.15, 0.2) is 34.7 Å². The molecule has 6 heteroatoms. The minimum absolute atomic E-state index is 0.162. The van der Waals surface area contributed by atoms with Gasteiger partial charge in [0.25, 0.3) is 0 Å². The Labute approximate surface area is 147 Å². The summed E-state index contributed by atoms with van der Waals surface area (Å²) in [5, 5.41) is 5.63. The second kappa shape index (κ2) is 7.42. The van der Waals surface area contributed by atoms with Gasteiger partial charge in [-0.05, 0) is 56.2 Å². The topological polar surface area (TPSA) is 74.6 Å². The third-order valence-corrected chi connectivity index (χ3v) is 4.27. The highest BCUT2D eigenvalue weighted by Crippen LogP contribution is 2.27. The molecule has 2 aromatic rings. The van der Waals surface area contributed by atoms with Crippen molar-refractivity contribution in [2.45, 2.75) is 33.1 Å². The van der Waals surface area contributed by atoms with E-state index in [-0.39, 0.29) is 11.9 Å². The number of amides is 3. The molecule has 1 fully saturated rings. The van der Waals surface area contributed by atoms with Crippen molar-refractivity contribution in [3.8, 4) is 0 Å². The van der Waals surface area contributed by atoms with E-state index >= 15 is 0 Å². The summed E-state index contributed by atoms with van der Waals surface area (Å²) in [6.07, 6.45) is 2.16. The van der Waals surface area contributed by atoms with Crippen LogP contribution < -0.4 is 15.5 Å². The first-order valence-electron chi connectivity index (χ1n) is 8.54. The van der Waals surface area contributed by atoms with E-state index in [1.54, 1.807) is 0 Å². The largest absolute Gasteiger partial charge is 0.466 e. The van der Waals surface area contributed by atoms with Crippen LogP contribution in [0.5, 0.6) is 0 Å². The maximum atomic E-state index is 12.0. The van der Waals surface area contributed by atoms with E-state index in [9.17, 15) is 9.59 Å². The van der Waals surface area contributed by atoms with E-state index in [4.69, 9.17) is 4.42 Å². The molecule has 6 nitrogen and oxygen atoms in total. The van der Waals surface area contributed by atoms with Crippen LogP contribution in [0.4, 0.5) is 16.2 Å². The monoisotopic (exact) mass is 341 g/mol. The van der Waals surface area contributed by atoms with Crippen molar-refractivity contribution in [2.24, 2.45) is 0 Å². The number of benzene rings is 1. The molecule has 0 spiro atoms. The number of carbonyl (C=O) groups is 2. The number of rotatable bonds is 5. The minimum atomic E-state index is -0.257. The van der Waals surface area contributed by atoms with Gasteiger partial charge in [0.05, 0.1) is 0 Å². The zero-order valence-electron chi connectivity index (χ0n) is 14.6. The molecule has 3 amide bonds. The number of hydrogen-bond acceptors (Lipinski definition) is 3. The van der Waals surface area contributed by atoms with Crippen molar-refractivity contribution < 1.29 is 14.0 Å². The minimum Gasteiger partial charge on any atom is -0.466 e. The van der Waals surface area contributed by atoms with Gasteiger partial charge in [-0.25, -0.2) is 4.79 Å². The van der Waals surface area contributed by atoms with Crippen LogP contribution in [0.1, 0.15) is 29.9 Å². The maximum Gasteiger partial charge on any atom is 0.319 e. The van der Waals surface area contributed by atoms with Crippen molar-refractivity contribution in [3.63, 3.8) is 0 Å². The summed E-state index contributed by atoms with van der Waals surface area (Å²) in [6, 6.07) is 9.16. The van der Waals surface area contributed by atoms with Gasteiger partial charge in [0.15, 0.2) is 0 Å². The Hall–Kier alpha value is -2.76. The second-order valence-corrected chi connectivity index (χ2v) is 6.29. The van der Waals surface area contributed by atoms with Gasteiger partial charge in [-0.3, -0.25) is 4.79 Å². The van der Waals surface area contributed by atoms with Crippen LogP contribution in [0.3, 0.4) is 0 Å². The number of aryl methyl sites for hydroxylation is 2. The molecule has 0 atom stereocenters. The normalized spacial score (nSPS) is 14.0. The van der Waals surface area contributed by atoms with Crippen molar-refractivity contribution in [1.82, 2.24) is 5.32 Å². The second-order valence-electron chi connectivity index (χ2n) is 6.29. The molecule has 1 saturated heterocycles. The van der Waals surface area contributed by atoms with Gasteiger partial charge in [-0.1, -0.05) is 0 Å². The first kappa shape index (κ1) is 17.1. The van der Waals surface area contributed by atoms with Crippen molar-refractivity contribution in [2.75, 3.05) is 23.3 Å². The summed E-state index contributed by atoms with van der Waals surface area (Å²) in [4.78, 5) is 25.7. The lowest BCUT2D eigenvalue weighted by molar-refractivity contribution is -0.117. The number of anilines is 2. The van der Waals surface area contributed by atoms with Crippen molar-refractivity contribution in [3.05, 3.63) is 47.4 Å². The van der Waals surface area contributed by atoms with Crippen molar-refractivity contribution in [1.29, 1.82) is 0 Å². The lowest BCUT2D eigenvalue weighted by Crippen LogP contribution is -2.30. The molecule has 0 saturated carbocycles. The highest BCUT2D eigenvalue weighted by molar-refractivity contribution is 5.96. The standard InChI is InChI=1S/C19H23N3O3/c1-13-12-15(6-8-17(13)22-11-3-4-18(22)23)21-19(24)20-10-9-16-7-5-14(2)25-16/h5-8,12H,3-4,9-11H2,1-2H3,(H2,20,21,24). The van der Waals surface area contributed by atoms with Gasteiger partial charge in [0, 0.05) is 37.3 Å². The van der Waals surface area contributed by atoms with Crippen LogP contribution in [0, 0.1) is 13.8 Å². The summed E-state index contributed by atoms with van der Waals surface area (Å²) in [5.74, 6) is 1.88. The molecule has 1 aliphatic rings. The van der Waals surface area contributed by atoms with E-state index < -0.39 is 0 Å². The molecular formula is C19H23N3O3. The van der Waals surface area contributed by atoms with Crippen LogP contribution in [-0.2, 0) is 11.2 Å². The predicted octanol–water partition coefficient (Wildman–Crippen LogP) is 3.39. The Morgan fingerprint density at radius 3 is 2.72 bits per heavy atom. The Balaban J connectivity index is 1.52. The third kappa shape index (κ3) is 4.21. The third-order valence-electron chi connectivity index (χ3n) is 4.27. The number of hydrogen-bond donors (Lipinski definition) is 2. The Kier molecular flexibility index (Phi) is 5.07. The molecule has 2 N–H and O–H groups in total. The van der Waals surface area contributed by atoms with Gasteiger partial charge in [0.2, 0.25) is 5.91 Å². The smallest absolute Gasteiger partial charge is 0.319 e. The molecular weight excluding hydrogens is 318 g/mol. The van der Waals surface area contributed by atoms with Crippen LogP contribution in [-0.4, -0.2) is 25.0 Å². The molecule has 0 unspecified atom stereocenters. The fraction of sp³-hybridized carbons (Fsp3) is 0.368. The first-order valence-corrected chi connectivity index (χ1v) is 8.54. The van der Waals surface area contributed by atoms with Gasteiger partial charge in [-0.2, -0.15) is 0 Å². The average Bonchev–Trinajstić information content (AvgIpc) is 3.16. The van der Waals surface area contributed by atoms with Gasteiger partial charge >= 0.3 is 6.03 Å². The fourth-order valence-corrected chi connectivity index (χ4v) is 3.03. The van der Waals surface area contributed by atoms with Crippen LogP contribution >= 0.6 is 0 Å². The highest BCUT2D eigenvalue weighted by Gasteiger charge is 2.22. The Morgan fingerprint density at radius 1 is 1.24 bits per heavy atom.